The van der Waals surface area contributed by atoms with E-state index in [9.17, 15) is 9.59 Å². The molecule has 6 heteroatoms. The zero-order valence-corrected chi connectivity index (χ0v) is 19.3. The normalized spacial score (nSPS) is 11.3. The fraction of sp³-hybridized carbons (Fsp3) is 0. The molecule has 0 aliphatic carbocycles. The minimum absolute atomic E-state index is 0.140. The number of para-hydroxylation sites is 1. The lowest BCUT2D eigenvalue weighted by molar-refractivity contribution is -0.116. The number of hydrogen-bond donors (Lipinski definition) is 1. The zero-order valence-electron chi connectivity index (χ0n) is 19.3. The Morgan fingerprint density at radius 1 is 0.778 bits per heavy atom. The molecule has 0 aliphatic rings. The molecule has 4 aromatic carbocycles. The molecule has 0 aliphatic heterocycles. The second-order valence-electron chi connectivity index (χ2n) is 8.03. The number of nitrogens with one attached hydrogen (secondary N) is 1. The number of carbonyl (C=O) groups is 1. The number of amides is 1. The largest absolute Gasteiger partial charge is 0.268 e. The maximum atomic E-state index is 13.5. The van der Waals surface area contributed by atoms with Crippen LogP contribution in [0.1, 0.15) is 11.1 Å². The Balaban J connectivity index is 1.40. The molecule has 0 fully saturated rings. The maximum Gasteiger partial charge on any atom is 0.266 e. The molecule has 0 saturated carbocycles. The second-order valence-corrected chi connectivity index (χ2v) is 8.03. The van der Waals surface area contributed by atoms with E-state index >= 15 is 0 Å². The average molecular weight is 471 g/mol. The van der Waals surface area contributed by atoms with E-state index in [4.69, 9.17) is 4.98 Å². The number of hydrazone groups is 1. The van der Waals surface area contributed by atoms with Crippen LogP contribution in [0, 0.1) is 0 Å². The van der Waals surface area contributed by atoms with Gasteiger partial charge in [0.05, 0.1) is 22.8 Å². The van der Waals surface area contributed by atoms with Gasteiger partial charge in [0, 0.05) is 11.6 Å². The first-order valence-electron chi connectivity index (χ1n) is 11.4. The van der Waals surface area contributed by atoms with Gasteiger partial charge in [-0.15, -0.1) is 0 Å². The monoisotopic (exact) mass is 470 g/mol. The molecule has 1 N–H and O–H groups in total. The van der Waals surface area contributed by atoms with Crippen molar-refractivity contribution in [2.45, 2.75) is 0 Å². The molecular formula is C30H22N4O2. The molecule has 1 heterocycles. The van der Waals surface area contributed by atoms with Gasteiger partial charge >= 0.3 is 0 Å². The summed E-state index contributed by atoms with van der Waals surface area (Å²) in [5, 5.41) is 4.57. The minimum atomic E-state index is -0.326. The smallest absolute Gasteiger partial charge is 0.266 e. The van der Waals surface area contributed by atoms with Crippen LogP contribution in [0.3, 0.4) is 0 Å². The van der Waals surface area contributed by atoms with Gasteiger partial charge in [-0.3, -0.25) is 14.2 Å². The van der Waals surface area contributed by atoms with Crippen LogP contribution in [-0.4, -0.2) is 21.7 Å². The van der Waals surface area contributed by atoms with Crippen LogP contribution in [0.5, 0.6) is 0 Å². The first-order chi connectivity index (χ1) is 17.7. The Bertz CT molecular complexity index is 1620. The van der Waals surface area contributed by atoms with E-state index in [-0.39, 0.29) is 11.5 Å². The number of aromatic nitrogens is 2. The zero-order chi connectivity index (χ0) is 24.7. The first-order valence-corrected chi connectivity index (χ1v) is 11.4. The van der Waals surface area contributed by atoms with E-state index in [0.717, 1.165) is 16.7 Å². The number of fused-ring (bicyclic) bond motifs is 1. The predicted octanol–water partition coefficient (Wildman–Crippen LogP) is 5.22. The number of benzene rings is 4. The Hall–Kier alpha value is -5.10. The highest BCUT2D eigenvalue weighted by molar-refractivity contribution is 5.92. The molecule has 174 valence electrons. The fourth-order valence-electron chi connectivity index (χ4n) is 3.81. The van der Waals surface area contributed by atoms with Crippen molar-refractivity contribution in [3.05, 3.63) is 137 Å². The Labute approximate surface area is 207 Å². The van der Waals surface area contributed by atoms with Crippen LogP contribution in [0.2, 0.25) is 0 Å². The summed E-state index contributed by atoms with van der Waals surface area (Å²) in [6.45, 7) is 0. The standard InChI is InChI=1S/C30H22N4O2/c35-28(20-17-22-9-3-1-4-10-22)33-31-21-23-15-18-25(19-16-23)34-29(24-11-5-2-6-12-24)32-27-14-8-7-13-26(27)30(34)36/h1-21H,(H,33,35)/b20-17+,31-21+. The summed E-state index contributed by atoms with van der Waals surface area (Å²) in [4.78, 5) is 30.3. The summed E-state index contributed by atoms with van der Waals surface area (Å²) in [5.74, 6) is 0.242. The average Bonchev–Trinajstić information content (AvgIpc) is 2.93. The van der Waals surface area contributed by atoms with Crippen LogP contribution < -0.4 is 11.0 Å². The van der Waals surface area contributed by atoms with Crippen molar-refractivity contribution < 1.29 is 4.79 Å². The van der Waals surface area contributed by atoms with Crippen LogP contribution >= 0.6 is 0 Å². The molecule has 6 nitrogen and oxygen atoms in total. The van der Waals surface area contributed by atoms with Crippen molar-refractivity contribution in [1.29, 1.82) is 0 Å². The van der Waals surface area contributed by atoms with E-state index in [0.29, 0.717) is 22.4 Å². The van der Waals surface area contributed by atoms with Crippen LogP contribution in [0.4, 0.5) is 0 Å². The fourth-order valence-corrected chi connectivity index (χ4v) is 3.81. The van der Waals surface area contributed by atoms with Gasteiger partial charge in [-0.25, -0.2) is 10.4 Å². The molecule has 5 aromatic rings. The minimum Gasteiger partial charge on any atom is -0.268 e. The highest BCUT2D eigenvalue weighted by atomic mass is 16.2. The number of carbonyl (C=O) groups excluding carboxylic acids is 1. The van der Waals surface area contributed by atoms with Crippen LogP contribution in [0.15, 0.2) is 125 Å². The Morgan fingerprint density at radius 2 is 1.44 bits per heavy atom. The lowest BCUT2D eigenvalue weighted by Crippen LogP contribution is -2.22. The molecular weight excluding hydrogens is 448 g/mol. The van der Waals surface area contributed by atoms with E-state index in [1.54, 1.807) is 22.9 Å². The van der Waals surface area contributed by atoms with Gasteiger partial charge in [0.2, 0.25) is 0 Å². The Kier molecular flexibility index (Phi) is 6.58. The number of nitrogens with zero attached hydrogens (tertiary/aromatic N) is 3. The predicted molar refractivity (Wildman–Crippen MR) is 144 cm³/mol. The van der Waals surface area contributed by atoms with Gasteiger partial charge in [0.1, 0.15) is 5.82 Å². The third-order valence-electron chi connectivity index (χ3n) is 5.57. The summed E-state index contributed by atoms with van der Waals surface area (Å²) in [7, 11) is 0. The molecule has 0 saturated heterocycles. The topological polar surface area (TPSA) is 76.3 Å². The van der Waals surface area contributed by atoms with Gasteiger partial charge in [-0.05, 0) is 41.5 Å². The summed E-state index contributed by atoms with van der Waals surface area (Å²) < 4.78 is 1.62. The summed E-state index contributed by atoms with van der Waals surface area (Å²) in [6, 6.07) is 33.9. The van der Waals surface area contributed by atoms with Gasteiger partial charge in [0.25, 0.3) is 11.5 Å². The molecule has 1 aromatic heterocycles. The highest BCUT2D eigenvalue weighted by Crippen LogP contribution is 2.22. The van der Waals surface area contributed by atoms with Gasteiger partial charge < -0.3 is 0 Å². The van der Waals surface area contributed by atoms with Crippen molar-refractivity contribution in [2.24, 2.45) is 5.10 Å². The SMILES string of the molecule is O=C(/C=C/c1ccccc1)N/N=C/c1ccc(-n2c(-c3ccccc3)nc3ccccc3c2=O)cc1. The van der Waals surface area contributed by atoms with Crippen LogP contribution in [-0.2, 0) is 4.79 Å². The quantitative estimate of drug-likeness (QED) is 0.210. The number of hydrogen-bond acceptors (Lipinski definition) is 4. The molecule has 0 unspecified atom stereocenters. The molecule has 1 amide bonds. The first kappa shape index (κ1) is 22.7. The highest BCUT2D eigenvalue weighted by Gasteiger charge is 2.14. The van der Waals surface area contributed by atoms with Gasteiger partial charge in [-0.1, -0.05) is 84.9 Å². The molecule has 5 rings (SSSR count). The van der Waals surface area contributed by atoms with E-state index in [1.165, 1.54) is 6.08 Å². The van der Waals surface area contributed by atoms with E-state index < -0.39 is 0 Å². The van der Waals surface area contributed by atoms with Crippen molar-refractivity contribution in [2.75, 3.05) is 0 Å². The van der Waals surface area contributed by atoms with Crippen molar-refractivity contribution in [3.63, 3.8) is 0 Å². The molecule has 0 bridgehead atoms. The van der Waals surface area contributed by atoms with Gasteiger partial charge in [0.15, 0.2) is 0 Å². The second kappa shape index (κ2) is 10.4. The van der Waals surface area contributed by atoms with Crippen molar-refractivity contribution in [3.8, 4) is 17.1 Å². The molecule has 0 spiro atoms. The molecule has 36 heavy (non-hydrogen) atoms. The molecule has 0 radical (unpaired) electrons. The summed E-state index contributed by atoms with van der Waals surface area (Å²) in [6.07, 6.45) is 4.71. The third kappa shape index (κ3) is 5.03. The Morgan fingerprint density at radius 3 is 2.19 bits per heavy atom. The van der Waals surface area contributed by atoms with E-state index in [1.807, 2.05) is 103 Å². The lowest BCUT2D eigenvalue weighted by Gasteiger charge is -2.14. The number of rotatable bonds is 6. The summed E-state index contributed by atoms with van der Waals surface area (Å²) >= 11 is 0. The van der Waals surface area contributed by atoms with Gasteiger partial charge in [-0.2, -0.15) is 5.10 Å². The maximum absolute atomic E-state index is 13.5. The lowest BCUT2D eigenvalue weighted by atomic mass is 10.1. The van der Waals surface area contributed by atoms with E-state index in [2.05, 4.69) is 10.5 Å². The molecule has 0 atom stereocenters. The summed E-state index contributed by atoms with van der Waals surface area (Å²) in [5.41, 5.74) is 6.23. The van der Waals surface area contributed by atoms with Crippen molar-refractivity contribution in [1.82, 2.24) is 15.0 Å². The van der Waals surface area contributed by atoms with Crippen molar-refractivity contribution >= 4 is 29.1 Å². The van der Waals surface area contributed by atoms with Crippen LogP contribution in [0.25, 0.3) is 34.1 Å². The third-order valence-corrected chi connectivity index (χ3v) is 5.57.